The van der Waals surface area contributed by atoms with E-state index >= 15 is 0 Å². The maximum atomic E-state index is 11.7. The molecule has 3 aromatic carbocycles. The van der Waals surface area contributed by atoms with E-state index in [4.69, 9.17) is 0 Å². The first-order valence-corrected chi connectivity index (χ1v) is 9.95. The first-order valence-electron chi connectivity index (χ1n) is 9.95. The largest absolute Gasteiger partial charge is 0.385 e. The van der Waals surface area contributed by atoms with Crippen molar-refractivity contribution in [2.24, 2.45) is 5.92 Å². The third-order valence-electron chi connectivity index (χ3n) is 5.88. The van der Waals surface area contributed by atoms with Crippen molar-refractivity contribution in [2.45, 2.75) is 31.8 Å². The number of hydrogen-bond acceptors (Lipinski definition) is 2. The molecule has 3 nitrogen and oxygen atoms in total. The van der Waals surface area contributed by atoms with Crippen molar-refractivity contribution in [3.05, 3.63) is 95.7 Å². The van der Waals surface area contributed by atoms with Crippen LogP contribution in [0.5, 0.6) is 0 Å². The van der Waals surface area contributed by atoms with Crippen molar-refractivity contribution in [3.63, 3.8) is 0 Å². The van der Waals surface area contributed by atoms with Crippen LogP contribution in [0.2, 0.25) is 0 Å². The lowest BCUT2D eigenvalue weighted by Gasteiger charge is -2.29. The predicted molar refractivity (Wildman–Crippen MR) is 113 cm³/mol. The van der Waals surface area contributed by atoms with Gasteiger partial charge in [0.05, 0.1) is 23.0 Å². The fourth-order valence-electron chi connectivity index (χ4n) is 4.25. The first-order chi connectivity index (χ1) is 13.6. The monoisotopic (exact) mass is 368 g/mol. The normalized spacial score (nSPS) is 16.2. The van der Waals surface area contributed by atoms with E-state index in [9.17, 15) is 5.11 Å². The molecule has 1 heterocycles. The molecule has 0 spiro atoms. The molecule has 1 aliphatic carbocycles. The molecule has 0 saturated heterocycles. The van der Waals surface area contributed by atoms with Crippen molar-refractivity contribution in [1.82, 2.24) is 9.78 Å². The fourth-order valence-corrected chi connectivity index (χ4v) is 4.25. The summed E-state index contributed by atoms with van der Waals surface area (Å²) in [5, 5.41) is 17.4. The Bertz CT molecular complexity index is 1130. The summed E-state index contributed by atoms with van der Waals surface area (Å²) in [5.41, 5.74) is 4.70. The number of fused-ring (bicyclic) bond motifs is 1. The Labute approximate surface area is 165 Å². The molecule has 5 rings (SSSR count). The standard InChI is InChI=1S/C25H24N2O/c1-18-6-5-7-19(14-18)16-25(28,21-10-11-21)22-12-13-24-20(15-22)17-26-27(24)23-8-3-2-4-9-23/h2-9,12-15,17,21,28H,10-11,16H2,1H3. The van der Waals surface area contributed by atoms with E-state index < -0.39 is 5.60 Å². The predicted octanol–water partition coefficient (Wildman–Crippen LogP) is 5.17. The summed E-state index contributed by atoms with van der Waals surface area (Å²) >= 11 is 0. The van der Waals surface area contributed by atoms with Crippen molar-refractivity contribution >= 4 is 10.9 Å². The van der Waals surface area contributed by atoms with Crippen LogP contribution in [-0.2, 0) is 12.0 Å². The highest BCUT2D eigenvalue weighted by Crippen LogP contribution is 2.48. The molecule has 0 bridgehead atoms. The molecule has 0 amide bonds. The Morgan fingerprint density at radius 1 is 1.00 bits per heavy atom. The Hall–Kier alpha value is -2.91. The summed E-state index contributed by atoms with van der Waals surface area (Å²) in [6, 6.07) is 24.9. The third-order valence-corrected chi connectivity index (χ3v) is 5.88. The number of nitrogens with zero attached hydrogens (tertiary/aromatic N) is 2. The highest BCUT2D eigenvalue weighted by Gasteiger charge is 2.45. The third kappa shape index (κ3) is 3.02. The molecule has 0 aliphatic heterocycles. The first kappa shape index (κ1) is 17.2. The molecule has 1 aliphatic rings. The zero-order chi connectivity index (χ0) is 19.1. The van der Waals surface area contributed by atoms with Gasteiger partial charge in [-0.25, -0.2) is 4.68 Å². The van der Waals surface area contributed by atoms with Crippen molar-refractivity contribution < 1.29 is 5.11 Å². The summed E-state index contributed by atoms with van der Waals surface area (Å²) in [5.74, 6) is 0.328. The second kappa shape index (κ2) is 6.61. The summed E-state index contributed by atoms with van der Waals surface area (Å²) in [4.78, 5) is 0. The van der Waals surface area contributed by atoms with Crippen LogP contribution >= 0.6 is 0 Å². The molecule has 4 aromatic rings. The number of benzene rings is 3. The number of aromatic nitrogens is 2. The lowest BCUT2D eigenvalue weighted by atomic mass is 9.82. The summed E-state index contributed by atoms with van der Waals surface area (Å²) in [6.45, 7) is 2.10. The fraction of sp³-hybridized carbons (Fsp3) is 0.240. The molecule has 1 fully saturated rings. The van der Waals surface area contributed by atoms with E-state index in [1.165, 1.54) is 11.1 Å². The number of aliphatic hydroxyl groups is 1. The van der Waals surface area contributed by atoms with E-state index in [0.29, 0.717) is 12.3 Å². The van der Waals surface area contributed by atoms with Crippen LogP contribution in [-0.4, -0.2) is 14.9 Å². The van der Waals surface area contributed by atoms with Gasteiger partial charge in [-0.2, -0.15) is 5.10 Å². The average Bonchev–Trinajstić information content (AvgIpc) is 3.48. The van der Waals surface area contributed by atoms with Crippen molar-refractivity contribution in [1.29, 1.82) is 0 Å². The van der Waals surface area contributed by atoms with Crippen LogP contribution < -0.4 is 0 Å². The van der Waals surface area contributed by atoms with E-state index in [2.05, 4.69) is 66.6 Å². The molecule has 0 radical (unpaired) electrons. The Kier molecular flexibility index (Phi) is 4.06. The van der Waals surface area contributed by atoms with Gasteiger partial charge in [-0.3, -0.25) is 0 Å². The van der Waals surface area contributed by atoms with E-state index in [-0.39, 0.29) is 0 Å². The van der Waals surface area contributed by atoms with Gasteiger partial charge in [0.25, 0.3) is 0 Å². The van der Waals surface area contributed by atoms with Crippen LogP contribution in [0.4, 0.5) is 0 Å². The zero-order valence-electron chi connectivity index (χ0n) is 16.0. The van der Waals surface area contributed by atoms with Crippen LogP contribution in [0.15, 0.2) is 79.0 Å². The average molecular weight is 368 g/mol. The Morgan fingerprint density at radius 2 is 1.82 bits per heavy atom. The molecule has 1 unspecified atom stereocenters. The smallest absolute Gasteiger partial charge is 0.0964 e. The quantitative estimate of drug-likeness (QED) is 0.527. The Balaban J connectivity index is 1.55. The molecule has 28 heavy (non-hydrogen) atoms. The van der Waals surface area contributed by atoms with Gasteiger partial charge in [0.2, 0.25) is 0 Å². The van der Waals surface area contributed by atoms with Gasteiger partial charge in [0.1, 0.15) is 0 Å². The van der Waals surface area contributed by atoms with Crippen LogP contribution in [0, 0.1) is 12.8 Å². The van der Waals surface area contributed by atoms with E-state index in [1.54, 1.807) is 0 Å². The molecule has 1 saturated carbocycles. The van der Waals surface area contributed by atoms with Gasteiger partial charge in [-0.05, 0) is 61.1 Å². The van der Waals surface area contributed by atoms with E-state index in [0.717, 1.165) is 35.0 Å². The highest BCUT2D eigenvalue weighted by molar-refractivity contribution is 5.81. The lowest BCUT2D eigenvalue weighted by molar-refractivity contribution is 0.0132. The molecule has 140 valence electrons. The number of para-hydroxylation sites is 1. The van der Waals surface area contributed by atoms with Gasteiger partial charge in [-0.15, -0.1) is 0 Å². The second-order valence-corrected chi connectivity index (χ2v) is 8.03. The van der Waals surface area contributed by atoms with Crippen LogP contribution in [0.3, 0.4) is 0 Å². The SMILES string of the molecule is Cc1cccc(CC(O)(c2ccc3c(cnn3-c3ccccc3)c2)C2CC2)c1. The van der Waals surface area contributed by atoms with Crippen molar-refractivity contribution in [3.8, 4) is 5.69 Å². The lowest BCUT2D eigenvalue weighted by Crippen LogP contribution is -2.31. The minimum absolute atomic E-state index is 0.328. The molecule has 3 heteroatoms. The topological polar surface area (TPSA) is 38.1 Å². The minimum atomic E-state index is -0.823. The second-order valence-electron chi connectivity index (χ2n) is 8.03. The Morgan fingerprint density at radius 3 is 2.57 bits per heavy atom. The zero-order valence-corrected chi connectivity index (χ0v) is 16.0. The van der Waals surface area contributed by atoms with E-state index in [1.807, 2.05) is 29.1 Å². The number of hydrogen-bond donors (Lipinski definition) is 1. The van der Waals surface area contributed by atoms with Gasteiger partial charge in [0.15, 0.2) is 0 Å². The number of aryl methyl sites for hydroxylation is 1. The van der Waals surface area contributed by atoms with Gasteiger partial charge in [0, 0.05) is 11.8 Å². The molecule has 1 aromatic heterocycles. The van der Waals surface area contributed by atoms with Gasteiger partial charge < -0.3 is 5.11 Å². The summed E-state index contributed by atoms with van der Waals surface area (Å²) < 4.78 is 1.95. The molecule has 1 N–H and O–H groups in total. The van der Waals surface area contributed by atoms with Gasteiger partial charge >= 0.3 is 0 Å². The molecular weight excluding hydrogens is 344 g/mol. The maximum Gasteiger partial charge on any atom is 0.0964 e. The summed E-state index contributed by atoms with van der Waals surface area (Å²) in [7, 11) is 0. The maximum absolute atomic E-state index is 11.7. The van der Waals surface area contributed by atoms with Crippen molar-refractivity contribution in [2.75, 3.05) is 0 Å². The van der Waals surface area contributed by atoms with Gasteiger partial charge in [-0.1, -0.05) is 54.1 Å². The molecule has 1 atom stereocenters. The molecular formula is C25H24N2O. The minimum Gasteiger partial charge on any atom is -0.385 e. The number of rotatable bonds is 5. The van der Waals surface area contributed by atoms with Crippen LogP contribution in [0.25, 0.3) is 16.6 Å². The highest BCUT2D eigenvalue weighted by atomic mass is 16.3. The van der Waals surface area contributed by atoms with Crippen LogP contribution in [0.1, 0.15) is 29.5 Å². The summed E-state index contributed by atoms with van der Waals surface area (Å²) in [6.07, 6.45) is 4.72.